The Hall–Kier alpha value is -1.57. The van der Waals surface area contributed by atoms with Crippen molar-refractivity contribution in [3.63, 3.8) is 0 Å². The van der Waals surface area contributed by atoms with Crippen LogP contribution in [0.2, 0.25) is 0 Å². The molecule has 2 aromatic rings. The first-order valence-corrected chi connectivity index (χ1v) is 7.31. The van der Waals surface area contributed by atoms with Crippen molar-refractivity contribution in [3.8, 4) is 0 Å². The molecule has 0 fully saturated rings. The van der Waals surface area contributed by atoms with E-state index >= 15 is 0 Å². The topological polar surface area (TPSA) is 68.2 Å². The Morgan fingerprint density at radius 3 is 2.50 bits per heavy atom. The number of aryl methyl sites for hydroxylation is 2. The molecule has 22 heavy (non-hydrogen) atoms. The van der Waals surface area contributed by atoms with Gasteiger partial charge in [0.1, 0.15) is 0 Å². The van der Waals surface area contributed by atoms with Crippen LogP contribution in [-0.2, 0) is 26.4 Å². The summed E-state index contributed by atoms with van der Waals surface area (Å²) in [7, 11) is 1.98. The number of nitrogens with one attached hydrogen (secondary N) is 1. The lowest BCUT2D eigenvalue weighted by Gasteiger charge is -2.06. The molecule has 0 bridgehead atoms. The monoisotopic (exact) mass is 413 g/mol. The third kappa shape index (κ3) is 4.46. The lowest BCUT2D eigenvalue weighted by atomic mass is 10.1. The van der Waals surface area contributed by atoms with Crippen LogP contribution in [0.1, 0.15) is 30.8 Å². The molecular weight excluding hydrogens is 389 g/mol. The second-order valence-corrected chi connectivity index (χ2v) is 4.90. The van der Waals surface area contributed by atoms with Crippen LogP contribution in [-0.4, -0.2) is 15.7 Å². The number of nitrogens with two attached hydrogens (primary N) is 1. The number of rotatable bonds is 5. The molecule has 0 atom stereocenters. The normalized spacial score (nSPS) is 11.1. The van der Waals surface area contributed by atoms with Crippen LogP contribution in [0.3, 0.4) is 0 Å². The van der Waals surface area contributed by atoms with Crippen molar-refractivity contribution in [2.75, 3.05) is 5.32 Å². The highest BCUT2D eigenvalue weighted by Crippen LogP contribution is 2.16. The molecule has 5 nitrogen and oxygen atoms in total. The molecule has 1 heterocycles. The Morgan fingerprint density at radius 2 is 1.91 bits per heavy atom. The number of halogens is 1. The van der Waals surface area contributed by atoms with Crippen LogP contribution >= 0.6 is 24.0 Å². The number of guanidine groups is 1. The van der Waals surface area contributed by atoms with E-state index < -0.39 is 0 Å². The number of aliphatic imine (C=N–C) groups is 1. The zero-order valence-corrected chi connectivity index (χ0v) is 15.7. The highest BCUT2D eigenvalue weighted by Gasteiger charge is 2.12. The fourth-order valence-electron chi connectivity index (χ4n) is 2.45. The third-order valence-electron chi connectivity index (χ3n) is 3.48. The molecule has 0 aliphatic rings. The van der Waals surface area contributed by atoms with Crippen LogP contribution in [0.15, 0.2) is 35.3 Å². The minimum Gasteiger partial charge on any atom is -0.370 e. The Balaban J connectivity index is 0.00000242. The van der Waals surface area contributed by atoms with Gasteiger partial charge in [-0.05, 0) is 25.0 Å². The number of nitrogens with zero attached hydrogens (tertiary/aromatic N) is 3. The van der Waals surface area contributed by atoms with Crippen molar-refractivity contribution in [1.29, 1.82) is 0 Å². The van der Waals surface area contributed by atoms with Gasteiger partial charge in [-0.3, -0.25) is 4.68 Å². The first-order chi connectivity index (χ1) is 10.2. The van der Waals surface area contributed by atoms with Gasteiger partial charge in [0.2, 0.25) is 0 Å². The lowest BCUT2D eigenvalue weighted by molar-refractivity contribution is 0.703. The number of para-hydroxylation sites is 1. The molecule has 120 valence electrons. The molecule has 0 radical (unpaired) electrons. The van der Waals surface area contributed by atoms with E-state index in [0.717, 1.165) is 24.2 Å². The highest BCUT2D eigenvalue weighted by molar-refractivity contribution is 14.0. The van der Waals surface area contributed by atoms with Gasteiger partial charge in [-0.25, -0.2) is 4.99 Å². The lowest BCUT2D eigenvalue weighted by Crippen LogP contribution is -2.22. The van der Waals surface area contributed by atoms with Gasteiger partial charge in [0.15, 0.2) is 5.96 Å². The number of benzene rings is 1. The SMILES string of the molecule is CCc1nn(C)c(CC)c1CN=C(N)Nc1ccccc1.I. The molecule has 0 aliphatic heterocycles. The Kier molecular flexibility index (Phi) is 7.37. The molecular formula is C16H24IN5. The molecule has 2 rings (SSSR count). The summed E-state index contributed by atoms with van der Waals surface area (Å²) in [5, 5.41) is 7.64. The summed E-state index contributed by atoms with van der Waals surface area (Å²) < 4.78 is 1.95. The van der Waals surface area contributed by atoms with Gasteiger partial charge in [-0.2, -0.15) is 5.10 Å². The van der Waals surface area contributed by atoms with Crippen molar-refractivity contribution in [3.05, 3.63) is 47.3 Å². The van der Waals surface area contributed by atoms with Gasteiger partial charge in [0.25, 0.3) is 0 Å². The Labute approximate surface area is 149 Å². The van der Waals surface area contributed by atoms with Gasteiger partial charge in [0, 0.05) is 24.0 Å². The molecule has 6 heteroatoms. The van der Waals surface area contributed by atoms with E-state index in [0.29, 0.717) is 12.5 Å². The van der Waals surface area contributed by atoms with Crippen LogP contribution in [0.5, 0.6) is 0 Å². The summed E-state index contributed by atoms with van der Waals surface area (Å²) in [6, 6.07) is 9.81. The molecule has 0 amide bonds. The molecule has 0 unspecified atom stereocenters. The van der Waals surface area contributed by atoms with Gasteiger partial charge in [-0.1, -0.05) is 32.0 Å². The van der Waals surface area contributed by atoms with E-state index in [4.69, 9.17) is 5.73 Å². The van der Waals surface area contributed by atoms with Crippen molar-refractivity contribution in [2.24, 2.45) is 17.8 Å². The van der Waals surface area contributed by atoms with Gasteiger partial charge < -0.3 is 11.1 Å². The number of aromatic nitrogens is 2. The molecule has 3 N–H and O–H groups in total. The highest BCUT2D eigenvalue weighted by atomic mass is 127. The summed E-state index contributed by atoms with van der Waals surface area (Å²) >= 11 is 0. The number of hydrogen-bond donors (Lipinski definition) is 2. The third-order valence-corrected chi connectivity index (χ3v) is 3.48. The summed E-state index contributed by atoms with van der Waals surface area (Å²) in [6.45, 7) is 4.81. The zero-order chi connectivity index (χ0) is 15.2. The number of hydrogen-bond acceptors (Lipinski definition) is 2. The van der Waals surface area contributed by atoms with Crippen molar-refractivity contribution >= 4 is 35.6 Å². The molecule has 0 spiro atoms. The average molecular weight is 413 g/mol. The minimum atomic E-state index is 0. The first-order valence-electron chi connectivity index (χ1n) is 7.31. The average Bonchev–Trinajstić information content (AvgIpc) is 2.81. The fraction of sp³-hybridized carbons (Fsp3) is 0.375. The number of anilines is 1. The second-order valence-electron chi connectivity index (χ2n) is 4.90. The summed E-state index contributed by atoms with van der Waals surface area (Å²) in [6.07, 6.45) is 1.85. The smallest absolute Gasteiger partial charge is 0.193 e. The van der Waals surface area contributed by atoms with E-state index in [1.165, 1.54) is 11.3 Å². The van der Waals surface area contributed by atoms with Crippen LogP contribution in [0.25, 0.3) is 0 Å². The maximum Gasteiger partial charge on any atom is 0.193 e. The van der Waals surface area contributed by atoms with Crippen LogP contribution < -0.4 is 11.1 Å². The summed E-state index contributed by atoms with van der Waals surface area (Å²) in [5.41, 5.74) is 10.4. The van der Waals surface area contributed by atoms with E-state index in [2.05, 4.69) is 29.3 Å². The predicted octanol–water partition coefficient (Wildman–Crippen LogP) is 3.09. The maximum absolute atomic E-state index is 5.96. The van der Waals surface area contributed by atoms with E-state index in [9.17, 15) is 0 Å². The zero-order valence-electron chi connectivity index (χ0n) is 13.3. The van der Waals surface area contributed by atoms with Gasteiger partial charge >= 0.3 is 0 Å². The van der Waals surface area contributed by atoms with E-state index in [-0.39, 0.29) is 24.0 Å². The van der Waals surface area contributed by atoms with Gasteiger partial charge in [-0.15, -0.1) is 24.0 Å². The maximum atomic E-state index is 5.96. The summed E-state index contributed by atoms with van der Waals surface area (Å²) in [5.74, 6) is 0.425. The Bertz CT molecular complexity index is 619. The molecule has 0 aliphatic carbocycles. The first kappa shape index (κ1) is 18.5. The quantitative estimate of drug-likeness (QED) is 0.450. The standard InChI is InChI=1S/C16H23N5.HI/c1-4-14-13(15(5-2)21(3)20-14)11-18-16(17)19-12-9-7-6-8-10-12;/h6-10H,4-5,11H2,1-3H3,(H3,17,18,19);1H. The fourth-order valence-corrected chi connectivity index (χ4v) is 2.45. The largest absolute Gasteiger partial charge is 0.370 e. The minimum absolute atomic E-state index is 0. The van der Waals surface area contributed by atoms with Crippen molar-refractivity contribution in [2.45, 2.75) is 33.2 Å². The van der Waals surface area contributed by atoms with Gasteiger partial charge in [0.05, 0.1) is 12.2 Å². The summed E-state index contributed by atoms with van der Waals surface area (Å²) in [4.78, 5) is 4.45. The molecule has 1 aromatic carbocycles. The second kappa shape index (κ2) is 8.77. The van der Waals surface area contributed by atoms with Crippen molar-refractivity contribution < 1.29 is 0 Å². The Morgan fingerprint density at radius 1 is 1.23 bits per heavy atom. The molecule has 1 aromatic heterocycles. The van der Waals surface area contributed by atoms with Crippen LogP contribution in [0.4, 0.5) is 5.69 Å². The molecule has 0 saturated carbocycles. The predicted molar refractivity (Wildman–Crippen MR) is 103 cm³/mol. The van der Waals surface area contributed by atoms with Crippen LogP contribution in [0, 0.1) is 0 Å². The van der Waals surface area contributed by atoms with E-state index in [1.54, 1.807) is 0 Å². The molecule has 0 saturated heterocycles. The van der Waals surface area contributed by atoms with Crippen molar-refractivity contribution in [1.82, 2.24) is 9.78 Å². The van der Waals surface area contributed by atoms with E-state index in [1.807, 2.05) is 42.1 Å².